The van der Waals surface area contributed by atoms with E-state index in [9.17, 15) is 9.59 Å². The maximum atomic E-state index is 11.7. The van der Waals surface area contributed by atoms with Gasteiger partial charge >= 0.3 is 6.03 Å². The lowest BCUT2D eigenvalue weighted by atomic mass is 10.2. The zero-order valence-corrected chi connectivity index (χ0v) is 13.2. The Morgan fingerprint density at radius 3 is 2.63 bits per heavy atom. The summed E-state index contributed by atoms with van der Waals surface area (Å²) in [7, 11) is -2.20. The minimum Gasteiger partial charge on any atom is -0.338 e. The first kappa shape index (κ1) is 17.8. The molecule has 0 aliphatic heterocycles. The number of hydrogen-bond acceptors (Lipinski definition) is 4. The molecule has 0 saturated heterocycles. The Morgan fingerprint density at radius 1 is 1.42 bits per heavy atom. The number of carbonyl (C=O) groups excluding carboxylic acids is 2. The van der Waals surface area contributed by atoms with E-state index in [4.69, 9.17) is 5.73 Å². The number of carbonyl (C=O) groups is 1. The van der Waals surface area contributed by atoms with E-state index in [0.717, 1.165) is 25.7 Å². The van der Waals surface area contributed by atoms with E-state index in [1.54, 1.807) is 6.08 Å². The van der Waals surface area contributed by atoms with Crippen molar-refractivity contribution < 1.29 is 9.59 Å². The van der Waals surface area contributed by atoms with Gasteiger partial charge in [-0.15, -0.1) is 0 Å². The first-order chi connectivity index (χ1) is 8.97. The molecule has 0 aromatic carbocycles. The van der Waals surface area contributed by atoms with Crippen LogP contribution in [0, 0.1) is 0 Å². The molecule has 0 rings (SSSR count). The molecule has 0 aliphatic carbocycles. The average Bonchev–Trinajstić information content (AvgIpc) is 2.35. The van der Waals surface area contributed by atoms with Gasteiger partial charge in [0.1, 0.15) is 0 Å². The molecule has 0 aromatic rings. The normalized spacial score (nSPS) is 12.4. The number of unbranched alkanes of at least 4 members (excludes halogenated alkanes) is 1. The number of hydrogen-bond donors (Lipinski definition) is 3. The molecule has 0 saturated carbocycles. The predicted octanol–water partition coefficient (Wildman–Crippen LogP) is 1.27. The quantitative estimate of drug-likeness (QED) is 0.258. The van der Waals surface area contributed by atoms with Crippen LogP contribution in [0.1, 0.15) is 32.6 Å². The van der Waals surface area contributed by atoms with Crippen molar-refractivity contribution in [1.29, 1.82) is 0 Å². The van der Waals surface area contributed by atoms with Crippen LogP contribution < -0.4 is 16.4 Å². The molecule has 7 heteroatoms. The second-order valence-electron chi connectivity index (χ2n) is 5.09. The Morgan fingerprint density at radius 2 is 2.11 bits per heavy atom. The van der Waals surface area contributed by atoms with E-state index in [-0.39, 0.29) is 11.7 Å². The number of isocyanates is 1. The lowest BCUT2D eigenvalue weighted by molar-refractivity contribution is 0.239. The van der Waals surface area contributed by atoms with Crippen LogP contribution >= 0.6 is 0 Å². The molecule has 1 unspecified atom stereocenters. The largest absolute Gasteiger partial charge is 0.338 e. The predicted molar refractivity (Wildman–Crippen MR) is 79.1 cm³/mol. The van der Waals surface area contributed by atoms with Crippen molar-refractivity contribution in [3.05, 3.63) is 0 Å². The molecule has 19 heavy (non-hydrogen) atoms. The Bertz CT molecular complexity index is 317. The minimum atomic E-state index is -2.20. The number of nitrogens with two attached hydrogens (primary N) is 1. The molecule has 110 valence electrons. The van der Waals surface area contributed by atoms with Crippen LogP contribution in [0.2, 0.25) is 13.1 Å². The average molecular weight is 286 g/mol. The van der Waals surface area contributed by atoms with Gasteiger partial charge in [-0.1, -0.05) is 13.3 Å². The molecular formula is C12H26N4O2Si. The molecule has 0 aromatic heterocycles. The summed E-state index contributed by atoms with van der Waals surface area (Å²) < 4.78 is 3.93. The van der Waals surface area contributed by atoms with Gasteiger partial charge in [0.25, 0.3) is 0 Å². The van der Waals surface area contributed by atoms with E-state index < -0.39 is 8.24 Å². The van der Waals surface area contributed by atoms with Gasteiger partial charge in [-0.05, 0) is 38.9 Å². The van der Waals surface area contributed by atoms with E-state index >= 15 is 0 Å². The van der Waals surface area contributed by atoms with Gasteiger partial charge in [0.2, 0.25) is 14.3 Å². The van der Waals surface area contributed by atoms with Crippen molar-refractivity contribution in [2.24, 2.45) is 10.4 Å². The first-order valence-corrected chi connectivity index (χ1v) is 9.83. The summed E-state index contributed by atoms with van der Waals surface area (Å²) in [5.41, 5.74) is 5.40. The lowest BCUT2D eigenvalue weighted by Gasteiger charge is -2.28. The van der Waals surface area contributed by atoms with Crippen LogP contribution in [0.15, 0.2) is 4.66 Å². The third-order valence-corrected chi connectivity index (χ3v) is 5.78. The molecule has 6 nitrogen and oxygen atoms in total. The first-order valence-electron chi connectivity index (χ1n) is 6.81. The number of urea groups is 1. The minimum absolute atomic E-state index is 0.0719. The van der Waals surface area contributed by atoms with Crippen molar-refractivity contribution in [2.75, 3.05) is 13.1 Å². The number of nitrogens with one attached hydrogen (secondary N) is 2. The van der Waals surface area contributed by atoms with E-state index in [2.05, 4.69) is 15.3 Å². The molecule has 4 N–H and O–H groups in total. The van der Waals surface area contributed by atoms with Gasteiger partial charge in [-0.25, -0.2) is 14.2 Å². The molecular weight excluding hydrogens is 260 g/mol. The fourth-order valence-corrected chi connectivity index (χ4v) is 3.52. The highest BCUT2D eigenvalue weighted by Gasteiger charge is 2.33. The van der Waals surface area contributed by atoms with Crippen LogP contribution in [0.25, 0.3) is 0 Å². The van der Waals surface area contributed by atoms with Crippen LogP contribution in [-0.4, -0.2) is 39.1 Å². The summed E-state index contributed by atoms with van der Waals surface area (Å²) in [5, 5.41) is 5.71. The topological polar surface area (TPSA) is 96.6 Å². The van der Waals surface area contributed by atoms with Crippen LogP contribution in [0.4, 0.5) is 4.79 Å². The number of amides is 2. The zero-order valence-electron chi connectivity index (χ0n) is 12.2. The second-order valence-corrected chi connectivity index (χ2v) is 9.32. The summed E-state index contributed by atoms with van der Waals surface area (Å²) in [6, 6.07) is -0.193. The molecule has 0 heterocycles. The summed E-state index contributed by atoms with van der Waals surface area (Å²) in [6.07, 6.45) is 5.14. The third kappa shape index (κ3) is 7.76. The van der Waals surface area contributed by atoms with Gasteiger partial charge in [0.15, 0.2) is 0 Å². The molecule has 0 spiro atoms. The van der Waals surface area contributed by atoms with Gasteiger partial charge in [0, 0.05) is 12.2 Å². The van der Waals surface area contributed by atoms with Gasteiger partial charge < -0.3 is 16.4 Å². The van der Waals surface area contributed by atoms with Crippen LogP contribution in [-0.2, 0) is 4.79 Å². The van der Waals surface area contributed by atoms with Crippen LogP contribution in [0.3, 0.4) is 0 Å². The SMILES string of the molecule is CCCNC(=O)NC(CCCCN)[Si](C)(C)N=C=O. The van der Waals surface area contributed by atoms with Crippen LogP contribution in [0.5, 0.6) is 0 Å². The van der Waals surface area contributed by atoms with Crippen molar-refractivity contribution in [1.82, 2.24) is 10.6 Å². The smallest absolute Gasteiger partial charge is 0.314 e. The summed E-state index contributed by atoms with van der Waals surface area (Å²) in [5.74, 6) is 0. The highest BCUT2D eigenvalue weighted by Crippen LogP contribution is 2.15. The van der Waals surface area contributed by atoms with Crippen molar-refractivity contribution >= 4 is 20.3 Å². The Labute approximate surface area is 116 Å². The molecule has 0 bridgehead atoms. The number of rotatable bonds is 9. The summed E-state index contributed by atoms with van der Waals surface area (Å²) >= 11 is 0. The van der Waals surface area contributed by atoms with E-state index in [1.165, 1.54) is 0 Å². The summed E-state index contributed by atoms with van der Waals surface area (Å²) in [6.45, 7) is 7.17. The second kappa shape index (κ2) is 9.72. The van der Waals surface area contributed by atoms with Gasteiger partial charge in [-0.3, -0.25) is 0 Å². The number of nitrogens with zero attached hydrogens (tertiary/aromatic N) is 1. The Balaban J connectivity index is 4.57. The molecule has 2 amide bonds. The molecule has 0 radical (unpaired) electrons. The fraction of sp³-hybridized carbons (Fsp3) is 0.833. The zero-order chi connectivity index (χ0) is 14.7. The monoisotopic (exact) mass is 286 g/mol. The maximum Gasteiger partial charge on any atom is 0.314 e. The Kier molecular flexibility index (Phi) is 9.12. The Hall–Kier alpha value is -1.17. The molecule has 0 aliphatic rings. The van der Waals surface area contributed by atoms with E-state index in [0.29, 0.717) is 13.1 Å². The fourth-order valence-electron chi connectivity index (χ4n) is 1.74. The summed E-state index contributed by atoms with van der Waals surface area (Å²) in [4.78, 5) is 22.2. The van der Waals surface area contributed by atoms with Crippen molar-refractivity contribution in [3.63, 3.8) is 0 Å². The highest BCUT2D eigenvalue weighted by atomic mass is 28.3. The maximum absolute atomic E-state index is 11.7. The standard InChI is InChI=1S/C12H26N4O2Si/c1-4-9-14-12(18)16-11(7-5-6-8-13)19(2,3)15-10-17/h11H,4-9,13H2,1-3H3,(H2,14,16,18). The third-order valence-electron chi connectivity index (χ3n) is 2.97. The van der Waals surface area contributed by atoms with Crippen molar-refractivity contribution in [2.45, 2.75) is 51.4 Å². The molecule has 1 atom stereocenters. The lowest BCUT2D eigenvalue weighted by Crippen LogP contribution is -2.54. The van der Waals surface area contributed by atoms with Gasteiger partial charge in [-0.2, -0.15) is 0 Å². The van der Waals surface area contributed by atoms with Crippen molar-refractivity contribution in [3.8, 4) is 0 Å². The van der Waals surface area contributed by atoms with E-state index in [1.807, 2.05) is 20.0 Å². The molecule has 0 fully saturated rings. The highest BCUT2D eigenvalue weighted by molar-refractivity contribution is 6.78. The van der Waals surface area contributed by atoms with Gasteiger partial charge in [0.05, 0.1) is 0 Å².